The number of nitrogens with one attached hydrogen (secondary N) is 2. The molecule has 0 saturated carbocycles. The minimum Gasteiger partial charge on any atom is -0.497 e. The first-order valence-electron chi connectivity index (χ1n) is 6.02. The summed E-state index contributed by atoms with van der Waals surface area (Å²) in [5.41, 5.74) is -3.44. The van der Waals surface area contributed by atoms with Crippen molar-refractivity contribution in [3.8, 4) is 5.75 Å². The lowest BCUT2D eigenvalue weighted by atomic mass is 10.1. The van der Waals surface area contributed by atoms with Gasteiger partial charge in [0.1, 0.15) is 5.75 Å². The van der Waals surface area contributed by atoms with Crippen molar-refractivity contribution in [1.82, 2.24) is 5.32 Å². The fourth-order valence-electron chi connectivity index (χ4n) is 1.70. The Morgan fingerprint density at radius 1 is 1.09 bits per heavy atom. The first-order chi connectivity index (χ1) is 10.2. The zero-order chi connectivity index (χ0) is 17.0. The van der Waals surface area contributed by atoms with Gasteiger partial charge in [0.2, 0.25) is 5.91 Å². The van der Waals surface area contributed by atoms with E-state index in [1.165, 1.54) is 31.4 Å². The summed E-state index contributed by atoms with van der Waals surface area (Å²) >= 11 is 0. The number of ether oxygens (including phenoxy) is 2. The third kappa shape index (κ3) is 3.60. The number of methoxy groups -OCH3 is 2. The number of alkyl halides is 3. The molecule has 0 radical (unpaired) electrons. The molecule has 9 heteroatoms. The molecule has 0 spiro atoms. The van der Waals surface area contributed by atoms with Crippen LogP contribution in [0.15, 0.2) is 24.3 Å². The summed E-state index contributed by atoms with van der Waals surface area (Å²) in [4.78, 5) is 22.8. The molecule has 22 heavy (non-hydrogen) atoms. The Morgan fingerprint density at radius 3 is 2.00 bits per heavy atom. The SMILES string of the molecule is COC(=O)C(NC(C)=O)(Nc1ccc(OC)cc1)C(F)(F)F. The first-order valence-corrected chi connectivity index (χ1v) is 6.02. The van der Waals surface area contributed by atoms with Gasteiger partial charge in [-0.15, -0.1) is 0 Å². The predicted octanol–water partition coefficient (Wildman–Crippen LogP) is 1.67. The molecule has 1 aromatic carbocycles. The van der Waals surface area contributed by atoms with Gasteiger partial charge in [0.05, 0.1) is 14.2 Å². The van der Waals surface area contributed by atoms with Gasteiger partial charge in [0.15, 0.2) is 0 Å². The summed E-state index contributed by atoms with van der Waals surface area (Å²) in [7, 11) is 2.19. The minimum atomic E-state index is -5.13. The number of carbonyl (C=O) groups is 2. The van der Waals surface area contributed by atoms with Crippen molar-refractivity contribution in [1.29, 1.82) is 0 Å². The molecule has 1 atom stereocenters. The fraction of sp³-hybridized carbons (Fsp3) is 0.385. The highest BCUT2D eigenvalue weighted by molar-refractivity contribution is 5.90. The topological polar surface area (TPSA) is 76.7 Å². The van der Waals surface area contributed by atoms with Crippen LogP contribution in [0.4, 0.5) is 18.9 Å². The lowest BCUT2D eigenvalue weighted by Gasteiger charge is -2.34. The van der Waals surface area contributed by atoms with Crippen LogP contribution in [0.5, 0.6) is 5.75 Å². The van der Waals surface area contributed by atoms with E-state index in [9.17, 15) is 22.8 Å². The van der Waals surface area contributed by atoms with Crippen LogP contribution in [0, 0.1) is 0 Å². The zero-order valence-electron chi connectivity index (χ0n) is 12.1. The van der Waals surface area contributed by atoms with Gasteiger partial charge in [0.25, 0.3) is 0 Å². The first kappa shape index (κ1) is 17.6. The van der Waals surface area contributed by atoms with Gasteiger partial charge < -0.3 is 20.1 Å². The second-order valence-corrected chi connectivity index (χ2v) is 4.27. The molecule has 0 aromatic heterocycles. The van der Waals surface area contributed by atoms with Crippen molar-refractivity contribution < 1.29 is 32.2 Å². The number of rotatable bonds is 5. The van der Waals surface area contributed by atoms with Crippen molar-refractivity contribution >= 4 is 17.6 Å². The van der Waals surface area contributed by atoms with E-state index in [-0.39, 0.29) is 5.69 Å². The largest absolute Gasteiger partial charge is 0.497 e. The smallest absolute Gasteiger partial charge is 0.441 e. The maximum atomic E-state index is 13.4. The number of halogens is 3. The lowest BCUT2D eigenvalue weighted by molar-refractivity contribution is -0.206. The molecular weight excluding hydrogens is 305 g/mol. The Morgan fingerprint density at radius 2 is 1.64 bits per heavy atom. The van der Waals surface area contributed by atoms with E-state index >= 15 is 0 Å². The van der Waals surface area contributed by atoms with Gasteiger partial charge in [-0.25, -0.2) is 4.79 Å². The van der Waals surface area contributed by atoms with Crippen LogP contribution in [0.3, 0.4) is 0 Å². The van der Waals surface area contributed by atoms with E-state index in [2.05, 4.69) is 4.74 Å². The number of anilines is 1. The van der Waals surface area contributed by atoms with Gasteiger partial charge in [0, 0.05) is 12.6 Å². The van der Waals surface area contributed by atoms with Crippen LogP contribution in [0.25, 0.3) is 0 Å². The highest BCUT2D eigenvalue weighted by Gasteiger charge is 2.63. The molecule has 2 N–H and O–H groups in total. The second kappa shape index (κ2) is 6.54. The summed E-state index contributed by atoms with van der Waals surface area (Å²) < 4.78 is 49.3. The molecule has 1 amide bonds. The maximum Gasteiger partial charge on any atom is 0.441 e. The second-order valence-electron chi connectivity index (χ2n) is 4.27. The van der Waals surface area contributed by atoms with Crippen LogP contribution in [-0.4, -0.2) is 37.9 Å². The van der Waals surface area contributed by atoms with Gasteiger partial charge in [-0.2, -0.15) is 13.2 Å². The quantitative estimate of drug-likeness (QED) is 0.637. The van der Waals surface area contributed by atoms with Crippen molar-refractivity contribution in [3.63, 3.8) is 0 Å². The molecule has 0 aliphatic rings. The molecule has 122 valence electrons. The van der Waals surface area contributed by atoms with E-state index < -0.39 is 23.7 Å². The van der Waals surface area contributed by atoms with Crippen molar-refractivity contribution in [2.24, 2.45) is 0 Å². The molecule has 0 saturated heterocycles. The van der Waals surface area contributed by atoms with E-state index in [1.54, 1.807) is 5.32 Å². The molecule has 1 unspecified atom stereocenters. The third-order valence-electron chi connectivity index (χ3n) is 2.70. The normalized spacial score (nSPS) is 13.7. The molecule has 6 nitrogen and oxygen atoms in total. The Kier molecular flexibility index (Phi) is 5.23. The Labute approximate surface area is 124 Å². The zero-order valence-corrected chi connectivity index (χ0v) is 12.1. The van der Waals surface area contributed by atoms with Crippen LogP contribution < -0.4 is 15.4 Å². The number of esters is 1. The Balaban J connectivity index is 3.28. The average Bonchev–Trinajstić information content (AvgIpc) is 2.44. The average molecular weight is 320 g/mol. The molecular formula is C13H15F3N2O4. The molecule has 0 bridgehead atoms. The molecule has 1 rings (SSSR count). The molecule has 0 heterocycles. The molecule has 0 fully saturated rings. The fourth-order valence-corrected chi connectivity index (χ4v) is 1.70. The summed E-state index contributed by atoms with van der Waals surface area (Å²) in [5.74, 6) is -2.32. The number of amides is 1. The summed E-state index contributed by atoms with van der Waals surface area (Å²) in [5, 5.41) is 3.56. The summed E-state index contributed by atoms with van der Waals surface area (Å²) in [6.45, 7) is 0.860. The molecule has 0 aliphatic carbocycles. The van der Waals surface area contributed by atoms with Crippen LogP contribution in [0.2, 0.25) is 0 Å². The van der Waals surface area contributed by atoms with E-state index in [1.807, 2.05) is 5.32 Å². The number of carbonyl (C=O) groups excluding carboxylic acids is 2. The van der Waals surface area contributed by atoms with E-state index in [0.717, 1.165) is 14.0 Å². The van der Waals surface area contributed by atoms with Gasteiger partial charge >= 0.3 is 17.8 Å². The number of benzene rings is 1. The highest BCUT2D eigenvalue weighted by Crippen LogP contribution is 2.33. The highest BCUT2D eigenvalue weighted by atomic mass is 19.4. The standard InChI is InChI=1S/C13H15F3N2O4/c1-8(19)17-12(11(20)22-3,13(14,15)16)18-9-4-6-10(21-2)7-5-9/h4-7,18H,1-3H3,(H,17,19). The monoisotopic (exact) mass is 320 g/mol. The van der Waals surface area contributed by atoms with Crippen LogP contribution >= 0.6 is 0 Å². The third-order valence-corrected chi connectivity index (χ3v) is 2.70. The maximum absolute atomic E-state index is 13.4. The van der Waals surface area contributed by atoms with Gasteiger partial charge in [-0.3, -0.25) is 4.79 Å². The minimum absolute atomic E-state index is 0.0581. The van der Waals surface area contributed by atoms with Crippen LogP contribution in [-0.2, 0) is 14.3 Å². The summed E-state index contributed by atoms with van der Waals surface area (Å²) in [6.07, 6.45) is -5.13. The van der Waals surface area contributed by atoms with Gasteiger partial charge in [-0.05, 0) is 24.3 Å². The van der Waals surface area contributed by atoms with Crippen molar-refractivity contribution in [3.05, 3.63) is 24.3 Å². The van der Waals surface area contributed by atoms with E-state index in [4.69, 9.17) is 4.74 Å². The van der Waals surface area contributed by atoms with Crippen LogP contribution in [0.1, 0.15) is 6.92 Å². The molecule has 1 aromatic rings. The molecule has 0 aliphatic heterocycles. The van der Waals surface area contributed by atoms with E-state index in [0.29, 0.717) is 5.75 Å². The van der Waals surface area contributed by atoms with Crippen molar-refractivity contribution in [2.75, 3.05) is 19.5 Å². The number of hydrogen-bond donors (Lipinski definition) is 2. The lowest BCUT2D eigenvalue weighted by Crippen LogP contribution is -2.69. The van der Waals surface area contributed by atoms with Crippen molar-refractivity contribution in [2.45, 2.75) is 18.8 Å². The predicted molar refractivity (Wildman–Crippen MR) is 71.2 cm³/mol. The Hall–Kier alpha value is -2.45. The number of hydrogen-bond acceptors (Lipinski definition) is 5. The van der Waals surface area contributed by atoms with Gasteiger partial charge in [-0.1, -0.05) is 0 Å². The summed E-state index contributed by atoms with van der Waals surface area (Å²) in [6, 6.07) is 5.33. The Bertz CT molecular complexity index is 545.